The number of nitrogens with zero attached hydrogens (tertiary/aromatic N) is 3. The van der Waals surface area contributed by atoms with Gasteiger partial charge in [0.1, 0.15) is 13.2 Å². The molecular formula is C22H27N3O4S. The summed E-state index contributed by atoms with van der Waals surface area (Å²) in [6, 6.07) is 11.9. The van der Waals surface area contributed by atoms with E-state index in [1.165, 1.54) is 17.0 Å². The molecule has 2 heterocycles. The third kappa shape index (κ3) is 5.33. The molecule has 0 saturated carbocycles. The minimum Gasteiger partial charge on any atom is -0.383 e. The van der Waals surface area contributed by atoms with Gasteiger partial charge < -0.3 is 14.4 Å². The van der Waals surface area contributed by atoms with Crippen LogP contribution in [0.2, 0.25) is 0 Å². The molecule has 1 aliphatic heterocycles. The van der Waals surface area contributed by atoms with Crippen molar-refractivity contribution in [1.82, 2.24) is 9.91 Å². The lowest BCUT2D eigenvalue weighted by atomic mass is 10.00. The summed E-state index contributed by atoms with van der Waals surface area (Å²) in [5, 5.41) is 8.19. The third-order valence-corrected chi connectivity index (χ3v) is 5.86. The molecular weight excluding hydrogens is 402 g/mol. The van der Waals surface area contributed by atoms with E-state index < -0.39 is 0 Å². The highest BCUT2D eigenvalue weighted by Crippen LogP contribution is 2.34. The highest BCUT2D eigenvalue weighted by atomic mass is 32.1. The predicted molar refractivity (Wildman–Crippen MR) is 117 cm³/mol. The van der Waals surface area contributed by atoms with Gasteiger partial charge in [-0.25, -0.2) is 5.01 Å². The monoisotopic (exact) mass is 429 g/mol. The molecule has 30 heavy (non-hydrogen) atoms. The van der Waals surface area contributed by atoms with Crippen molar-refractivity contribution >= 4 is 28.9 Å². The van der Waals surface area contributed by atoms with E-state index in [2.05, 4.69) is 5.10 Å². The zero-order valence-corrected chi connectivity index (χ0v) is 18.4. The number of amides is 2. The number of methoxy groups -OCH3 is 2. The van der Waals surface area contributed by atoms with Crippen LogP contribution in [0.15, 0.2) is 46.9 Å². The molecule has 0 bridgehead atoms. The number of hydrogen-bond acceptors (Lipinski definition) is 6. The van der Waals surface area contributed by atoms with Crippen LogP contribution < -0.4 is 0 Å². The quantitative estimate of drug-likeness (QED) is 0.615. The lowest BCUT2D eigenvalue weighted by Crippen LogP contribution is -2.44. The summed E-state index contributed by atoms with van der Waals surface area (Å²) in [6.07, 6.45) is 0.638. The number of carbonyl (C=O) groups is 2. The molecule has 8 heteroatoms. The molecule has 1 aliphatic rings. The topological polar surface area (TPSA) is 71.4 Å². The molecule has 0 spiro atoms. The van der Waals surface area contributed by atoms with E-state index in [0.717, 1.165) is 21.7 Å². The van der Waals surface area contributed by atoms with Gasteiger partial charge in [-0.05, 0) is 23.9 Å². The Morgan fingerprint density at radius 1 is 1.20 bits per heavy atom. The zero-order chi connectivity index (χ0) is 21.5. The van der Waals surface area contributed by atoms with Gasteiger partial charge in [0.25, 0.3) is 5.91 Å². The molecule has 1 aromatic heterocycles. The van der Waals surface area contributed by atoms with Crippen molar-refractivity contribution in [3.05, 3.63) is 57.8 Å². The first-order valence-corrected chi connectivity index (χ1v) is 10.7. The zero-order valence-electron chi connectivity index (χ0n) is 17.5. The van der Waals surface area contributed by atoms with Crippen LogP contribution in [0.4, 0.5) is 0 Å². The number of rotatable bonds is 9. The molecule has 0 unspecified atom stereocenters. The largest absolute Gasteiger partial charge is 0.383 e. The standard InChI is InChI=1S/C22H27N3O4S/c1-16-6-8-17(9-7-16)19-13-18(20-5-4-12-30-20)23-25(19)21(26)14-24(10-11-28-2)22(27)15-29-3/h4-9,12,19H,10-11,13-15H2,1-3H3/t19-/m1/s1. The van der Waals surface area contributed by atoms with E-state index in [4.69, 9.17) is 9.47 Å². The van der Waals surface area contributed by atoms with Crippen molar-refractivity contribution in [2.45, 2.75) is 19.4 Å². The molecule has 3 rings (SSSR count). The minimum absolute atomic E-state index is 0.0743. The van der Waals surface area contributed by atoms with Crippen molar-refractivity contribution in [2.24, 2.45) is 5.10 Å². The summed E-state index contributed by atoms with van der Waals surface area (Å²) in [5.41, 5.74) is 3.07. The van der Waals surface area contributed by atoms with Gasteiger partial charge in [0, 0.05) is 27.2 Å². The van der Waals surface area contributed by atoms with Gasteiger partial charge >= 0.3 is 0 Å². The molecule has 1 atom stereocenters. The number of hydrogen-bond donors (Lipinski definition) is 0. The number of ether oxygens (including phenoxy) is 2. The minimum atomic E-state index is -0.253. The maximum absolute atomic E-state index is 13.2. The van der Waals surface area contributed by atoms with E-state index in [1.54, 1.807) is 18.4 Å². The van der Waals surface area contributed by atoms with E-state index >= 15 is 0 Å². The average molecular weight is 430 g/mol. The molecule has 0 fully saturated rings. The van der Waals surface area contributed by atoms with Gasteiger partial charge in [-0.2, -0.15) is 5.10 Å². The molecule has 160 valence electrons. The van der Waals surface area contributed by atoms with E-state index in [1.807, 2.05) is 48.7 Å². The van der Waals surface area contributed by atoms with Gasteiger partial charge in [-0.1, -0.05) is 35.9 Å². The van der Waals surface area contributed by atoms with Crippen molar-refractivity contribution in [3.63, 3.8) is 0 Å². The maximum Gasteiger partial charge on any atom is 0.262 e. The van der Waals surface area contributed by atoms with Crippen LogP contribution in [-0.2, 0) is 19.1 Å². The summed E-state index contributed by atoms with van der Waals surface area (Å²) in [5.74, 6) is -0.482. The lowest BCUT2D eigenvalue weighted by Gasteiger charge is -2.27. The Morgan fingerprint density at radius 3 is 2.60 bits per heavy atom. The van der Waals surface area contributed by atoms with Crippen LogP contribution in [0, 0.1) is 6.92 Å². The number of thiophene rings is 1. The Kier molecular flexibility index (Phi) is 7.73. The van der Waals surface area contributed by atoms with Crippen LogP contribution in [-0.4, -0.2) is 68.0 Å². The third-order valence-electron chi connectivity index (χ3n) is 4.95. The Hall–Kier alpha value is -2.55. The van der Waals surface area contributed by atoms with E-state index in [-0.39, 0.29) is 31.0 Å². The summed E-state index contributed by atoms with van der Waals surface area (Å²) in [6.45, 7) is 2.53. The second-order valence-corrected chi connectivity index (χ2v) is 8.08. The second kappa shape index (κ2) is 10.5. The van der Waals surface area contributed by atoms with Gasteiger partial charge in [0.05, 0.1) is 23.2 Å². The van der Waals surface area contributed by atoms with Crippen LogP contribution >= 0.6 is 11.3 Å². The van der Waals surface area contributed by atoms with Gasteiger partial charge in [-0.15, -0.1) is 11.3 Å². The Morgan fingerprint density at radius 2 is 1.97 bits per heavy atom. The van der Waals surface area contributed by atoms with Crippen molar-refractivity contribution in [3.8, 4) is 0 Å². The molecule has 1 aromatic carbocycles. The van der Waals surface area contributed by atoms with Crippen molar-refractivity contribution < 1.29 is 19.1 Å². The van der Waals surface area contributed by atoms with Crippen molar-refractivity contribution in [2.75, 3.05) is 40.5 Å². The second-order valence-electron chi connectivity index (χ2n) is 7.13. The van der Waals surface area contributed by atoms with Gasteiger partial charge in [0.15, 0.2) is 0 Å². The summed E-state index contributed by atoms with van der Waals surface area (Å²) in [7, 11) is 3.02. The first kappa shape index (κ1) is 22.1. The smallest absolute Gasteiger partial charge is 0.262 e. The number of hydrazone groups is 1. The fourth-order valence-corrected chi connectivity index (χ4v) is 4.05. The van der Waals surface area contributed by atoms with E-state index in [9.17, 15) is 9.59 Å². The molecule has 0 N–H and O–H groups in total. The van der Waals surface area contributed by atoms with Gasteiger partial charge in [0.2, 0.25) is 5.91 Å². The number of aryl methyl sites for hydroxylation is 1. The Balaban J connectivity index is 1.84. The lowest BCUT2D eigenvalue weighted by molar-refractivity contribution is -0.144. The van der Waals surface area contributed by atoms with Crippen molar-refractivity contribution in [1.29, 1.82) is 0 Å². The summed E-state index contributed by atoms with van der Waals surface area (Å²) in [4.78, 5) is 28.1. The SMILES string of the molecule is COCCN(CC(=O)N1N=C(c2cccs2)C[C@@H]1c1ccc(C)cc1)C(=O)COC. The van der Waals surface area contributed by atoms with Crippen LogP contribution in [0.5, 0.6) is 0 Å². The first-order chi connectivity index (χ1) is 14.5. The first-order valence-electron chi connectivity index (χ1n) is 9.79. The Bertz CT molecular complexity index is 880. The highest BCUT2D eigenvalue weighted by Gasteiger charge is 2.34. The normalized spacial score (nSPS) is 15.9. The fourth-order valence-electron chi connectivity index (χ4n) is 3.32. The average Bonchev–Trinajstić information content (AvgIpc) is 3.41. The van der Waals surface area contributed by atoms with Gasteiger partial charge in [-0.3, -0.25) is 9.59 Å². The maximum atomic E-state index is 13.2. The van der Waals surface area contributed by atoms with Crippen LogP contribution in [0.3, 0.4) is 0 Å². The molecule has 0 aliphatic carbocycles. The fraction of sp³-hybridized carbons (Fsp3) is 0.409. The van der Waals surface area contributed by atoms with Crippen LogP contribution in [0.1, 0.15) is 28.5 Å². The number of benzene rings is 1. The Labute approximate surface area is 180 Å². The highest BCUT2D eigenvalue weighted by molar-refractivity contribution is 7.12. The summed E-state index contributed by atoms with van der Waals surface area (Å²) < 4.78 is 10.0. The molecule has 0 radical (unpaired) electrons. The summed E-state index contributed by atoms with van der Waals surface area (Å²) >= 11 is 1.60. The predicted octanol–water partition coefficient (Wildman–Crippen LogP) is 2.86. The molecule has 2 amide bonds. The van der Waals surface area contributed by atoms with Crippen LogP contribution in [0.25, 0.3) is 0 Å². The number of carbonyl (C=O) groups excluding carboxylic acids is 2. The van der Waals surface area contributed by atoms with E-state index in [0.29, 0.717) is 19.6 Å². The molecule has 2 aromatic rings. The molecule has 7 nitrogen and oxygen atoms in total. The molecule has 0 saturated heterocycles.